The van der Waals surface area contributed by atoms with Gasteiger partial charge in [0.05, 0.1) is 25.2 Å². The van der Waals surface area contributed by atoms with Crippen LogP contribution in [0.4, 0.5) is 0 Å². The number of allylic oxidation sites excluding steroid dienone is 8. The molecule has 0 saturated carbocycles. The normalized spacial score (nSPS) is 13.6. The Hall–Kier alpha value is -2.18. The number of hydrogen-bond donors (Lipinski definition) is 3. The Morgan fingerprint density at radius 2 is 0.847 bits per heavy atom. The van der Waals surface area contributed by atoms with Gasteiger partial charge in [-0.1, -0.05) is 211 Å². The zero-order valence-corrected chi connectivity index (χ0v) is 39.1. The standard InChI is InChI=1S/C53H97NO5/c1-4-7-10-13-16-19-22-24-25-26-28-31-34-37-40-43-46-53(58)59-49(44-41-38-35-32-30-27-23-20-17-14-11-8-5-2)47-52(57)54-50(48-55)51(56)45-42-39-36-33-29-21-18-15-12-9-6-3/h17,20,23,25-28,31,49-51,55-56H,4-16,18-19,21-22,24,29-30,32-48H2,1-3H3,(H,54,57)/b20-17+,26-25+,27-23+,31-28+. The third kappa shape index (κ3) is 42.3. The van der Waals surface area contributed by atoms with Crippen molar-refractivity contribution in [3.05, 3.63) is 48.6 Å². The quantitative estimate of drug-likeness (QED) is 0.0323. The highest BCUT2D eigenvalue weighted by atomic mass is 16.5. The molecule has 0 aromatic rings. The molecule has 0 fully saturated rings. The fraction of sp³-hybridized carbons (Fsp3) is 0.811. The molecule has 1 amide bonds. The van der Waals surface area contributed by atoms with Gasteiger partial charge in [0.25, 0.3) is 0 Å². The molecule has 0 aromatic heterocycles. The van der Waals surface area contributed by atoms with E-state index in [2.05, 4.69) is 74.7 Å². The molecule has 0 aromatic carbocycles. The molecular formula is C53H97NO5. The van der Waals surface area contributed by atoms with E-state index in [1.54, 1.807) is 0 Å². The van der Waals surface area contributed by atoms with Crippen molar-refractivity contribution in [2.24, 2.45) is 0 Å². The van der Waals surface area contributed by atoms with Crippen molar-refractivity contribution in [3.63, 3.8) is 0 Å². The highest BCUT2D eigenvalue weighted by Gasteiger charge is 2.24. The summed E-state index contributed by atoms with van der Waals surface area (Å²) in [4.78, 5) is 26.1. The van der Waals surface area contributed by atoms with E-state index in [1.807, 2.05) is 0 Å². The van der Waals surface area contributed by atoms with Crippen molar-refractivity contribution in [2.75, 3.05) is 6.61 Å². The van der Waals surface area contributed by atoms with E-state index < -0.39 is 18.2 Å². The van der Waals surface area contributed by atoms with E-state index in [0.29, 0.717) is 19.3 Å². The van der Waals surface area contributed by atoms with Gasteiger partial charge in [-0.25, -0.2) is 0 Å². The van der Waals surface area contributed by atoms with Crippen LogP contribution in [0.2, 0.25) is 0 Å². The first-order chi connectivity index (χ1) is 29.0. The molecule has 0 saturated heterocycles. The van der Waals surface area contributed by atoms with Crippen LogP contribution in [0.5, 0.6) is 0 Å². The fourth-order valence-electron chi connectivity index (χ4n) is 7.53. The summed E-state index contributed by atoms with van der Waals surface area (Å²) in [5, 5.41) is 23.7. The van der Waals surface area contributed by atoms with Gasteiger partial charge in [0.1, 0.15) is 6.10 Å². The van der Waals surface area contributed by atoms with Crippen LogP contribution in [0, 0.1) is 0 Å². The smallest absolute Gasteiger partial charge is 0.306 e. The summed E-state index contributed by atoms with van der Waals surface area (Å²) >= 11 is 0. The molecule has 0 spiro atoms. The third-order valence-corrected chi connectivity index (χ3v) is 11.4. The van der Waals surface area contributed by atoms with Crippen molar-refractivity contribution >= 4 is 11.9 Å². The van der Waals surface area contributed by atoms with Crippen LogP contribution in [-0.4, -0.2) is 46.9 Å². The predicted molar refractivity (Wildman–Crippen MR) is 255 cm³/mol. The van der Waals surface area contributed by atoms with Gasteiger partial charge in [0, 0.05) is 6.42 Å². The summed E-state index contributed by atoms with van der Waals surface area (Å²) in [7, 11) is 0. The Morgan fingerprint density at radius 1 is 0.492 bits per heavy atom. The average molecular weight is 828 g/mol. The zero-order chi connectivity index (χ0) is 43.1. The summed E-state index contributed by atoms with van der Waals surface area (Å²) in [6.45, 7) is 6.43. The fourth-order valence-corrected chi connectivity index (χ4v) is 7.53. The highest BCUT2D eigenvalue weighted by molar-refractivity contribution is 5.77. The molecule has 3 atom stereocenters. The van der Waals surface area contributed by atoms with Crippen molar-refractivity contribution in [3.8, 4) is 0 Å². The van der Waals surface area contributed by atoms with Crippen LogP contribution in [0.15, 0.2) is 48.6 Å². The lowest BCUT2D eigenvalue weighted by molar-refractivity contribution is -0.151. The number of carbonyl (C=O) groups is 2. The highest BCUT2D eigenvalue weighted by Crippen LogP contribution is 2.17. The first-order valence-corrected chi connectivity index (χ1v) is 25.4. The molecule has 3 N–H and O–H groups in total. The van der Waals surface area contributed by atoms with Gasteiger partial charge >= 0.3 is 5.97 Å². The maximum absolute atomic E-state index is 13.2. The van der Waals surface area contributed by atoms with Crippen molar-refractivity contribution < 1.29 is 24.5 Å². The number of unbranched alkanes of at least 4 members (excludes halogenated alkanes) is 27. The van der Waals surface area contributed by atoms with Crippen LogP contribution < -0.4 is 5.32 Å². The summed E-state index contributed by atoms with van der Waals surface area (Å²) in [5.41, 5.74) is 0. The number of esters is 1. The topological polar surface area (TPSA) is 95.9 Å². The molecular weight excluding hydrogens is 731 g/mol. The third-order valence-electron chi connectivity index (χ3n) is 11.4. The number of aliphatic hydroxyl groups excluding tert-OH is 2. The molecule has 344 valence electrons. The molecule has 0 radical (unpaired) electrons. The first kappa shape index (κ1) is 56.8. The molecule has 59 heavy (non-hydrogen) atoms. The summed E-state index contributed by atoms with van der Waals surface area (Å²) in [6, 6.07) is -0.712. The van der Waals surface area contributed by atoms with Gasteiger partial charge < -0.3 is 20.3 Å². The van der Waals surface area contributed by atoms with E-state index in [0.717, 1.165) is 89.9 Å². The molecule has 0 bridgehead atoms. The second-order valence-electron chi connectivity index (χ2n) is 17.3. The Kier molecular flexibility index (Phi) is 45.1. The van der Waals surface area contributed by atoms with Crippen LogP contribution in [0.25, 0.3) is 0 Å². The Balaban J connectivity index is 4.65. The average Bonchev–Trinajstić information content (AvgIpc) is 3.23. The van der Waals surface area contributed by atoms with Gasteiger partial charge in [0.2, 0.25) is 5.91 Å². The molecule has 0 aliphatic carbocycles. The molecule has 0 rings (SSSR count). The molecule has 0 aliphatic heterocycles. The van der Waals surface area contributed by atoms with E-state index in [-0.39, 0.29) is 24.9 Å². The van der Waals surface area contributed by atoms with Crippen LogP contribution in [0.1, 0.15) is 252 Å². The minimum atomic E-state index is -0.796. The second kappa shape index (κ2) is 46.9. The lowest BCUT2D eigenvalue weighted by atomic mass is 10.0. The molecule has 6 heteroatoms. The zero-order valence-electron chi connectivity index (χ0n) is 39.1. The predicted octanol–water partition coefficient (Wildman–Crippen LogP) is 15.1. The van der Waals surface area contributed by atoms with E-state index in [9.17, 15) is 19.8 Å². The Bertz CT molecular complexity index is 1020. The summed E-state index contributed by atoms with van der Waals surface area (Å²) < 4.78 is 5.91. The lowest BCUT2D eigenvalue weighted by Gasteiger charge is -2.24. The number of ether oxygens (including phenoxy) is 1. The van der Waals surface area contributed by atoms with Crippen molar-refractivity contribution in [1.29, 1.82) is 0 Å². The number of carbonyl (C=O) groups excluding carboxylic acids is 2. The van der Waals surface area contributed by atoms with Gasteiger partial charge in [-0.05, 0) is 77.0 Å². The number of amides is 1. The molecule has 6 nitrogen and oxygen atoms in total. The van der Waals surface area contributed by atoms with Gasteiger partial charge in [-0.15, -0.1) is 0 Å². The van der Waals surface area contributed by atoms with Crippen LogP contribution >= 0.6 is 0 Å². The van der Waals surface area contributed by atoms with Crippen LogP contribution in [0.3, 0.4) is 0 Å². The maximum Gasteiger partial charge on any atom is 0.306 e. The Morgan fingerprint density at radius 3 is 1.29 bits per heavy atom. The number of nitrogens with one attached hydrogen (secondary N) is 1. The number of hydrogen-bond acceptors (Lipinski definition) is 5. The summed E-state index contributed by atoms with van der Waals surface area (Å²) in [6.07, 6.45) is 56.0. The minimum Gasteiger partial charge on any atom is -0.462 e. The van der Waals surface area contributed by atoms with Crippen molar-refractivity contribution in [1.82, 2.24) is 5.32 Å². The maximum atomic E-state index is 13.2. The largest absolute Gasteiger partial charge is 0.462 e. The van der Waals surface area contributed by atoms with E-state index in [4.69, 9.17) is 4.74 Å². The second-order valence-corrected chi connectivity index (χ2v) is 17.3. The van der Waals surface area contributed by atoms with E-state index in [1.165, 1.54) is 116 Å². The van der Waals surface area contributed by atoms with Crippen LogP contribution in [-0.2, 0) is 14.3 Å². The van der Waals surface area contributed by atoms with Gasteiger partial charge in [-0.2, -0.15) is 0 Å². The summed E-state index contributed by atoms with van der Waals surface area (Å²) in [5.74, 6) is -0.522. The molecule has 3 unspecified atom stereocenters. The monoisotopic (exact) mass is 828 g/mol. The number of rotatable bonds is 45. The van der Waals surface area contributed by atoms with Gasteiger partial charge in [-0.3, -0.25) is 9.59 Å². The molecule has 0 heterocycles. The molecule has 0 aliphatic rings. The SMILES string of the molecule is CCCCC/C=C/C=C/CCCCCCC(CC(=O)NC(CO)C(O)CCCCCCCCCCCCC)OC(=O)CCCCC/C=C/C=C/CCCCCCCCC. The Labute approximate surface area is 366 Å². The van der Waals surface area contributed by atoms with E-state index >= 15 is 0 Å². The lowest BCUT2D eigenvalue weighted by Crippen LogP contribution is -2.46. The first-order valence-electron chi connectivity index (χ1n) is 25.4. The minimum absolute atomic E-state index is 0.0536. The van der Waals surface area contributed by atoms with Gasteiger partial charge in [0.15, 0.2) is 0 Å². The van der Waals surface area contributed by atoms with Crippen molar-refractivity contribution in [2.45, 2.75) is 270 Å². The number of aliphatic hydroxyl groups is 2.